The first-order valence-electron chi connectivity index (χ1n) is 3.83. The zero-order valence-electron chi connectivity index (χ0n) is 6.86. The van der Waals surface area contributed by atoms with E-state index in [1.807, 2.05) is 36.8 Å². The van der Waals surface area contributed by atoms with Crippen molar-refractivity contribution in [3.05, 3.63) is 24.5 Å². The molecule has 2 aromatic heterocycles. The maximum Gasteiger partial charge on any atom is 0.148 e. The summed E-state index contributed by atoms with van der Waals surface area (Å²) in [4.78, 5) is 4.14. The number of nitrogens with two attached hydrogens (primary N) is 1. The molecule has 0 aliphatic rings. The van der Waals surface area contributed by atoms with Gasteiger partial charge in [-0.1, -0.05) is 18.4 Å². The Morgan fingerprint density at radius 3 is 3.17 bits per heavy atom. The van der Waals surface area contributed by atoms with Gasteiger partial charge in [0.2, 0.25) is 0 Å². The van der Waals surface area contributed by atoms with E-state index in [9.17, 15) is 0 Å². The van der Waals surface area contributed by atoms with Crippen molar-refractivity contribution in [2.45, 2.75) is 6.82 Å². The second kappa shape index (κ2) is 2.55. The number of nitrogens with zero attached hydrogens (tertiary/aromatic N) is 2. The van der Waals surface area contributed by atoms with Crippen LogP contribution in [0.15, 0.2) is 24.5 Å². The third kappa shape index (κ3) is 1.05. The van der Waals surface area contributed by atoms with Crippen LogP contribution in [-0.2, 0) is 0 Å². The molecule has 0 aliphatic heterocycles. The summed E-state index contributed by atoms with van der Waals surface area (Å²) in [5, 5.41) is 0. The zero-order chi connectivity index (χ0) is 8.55. The lowest BCUT2D eigenvalue weighted by Crippen LogP contribution is -2.10. The normalized spacial score (nSPS) is 10.4. The Balaban J connectivity index is 2.66. The van der Waals surface area contributed by atoms with Gasteiger partial charge in [-0.15, -0.1) is 0 Å². The summed E-state index contributed by atoms with van der Waals surface area (Å²) in [5.41, 5.74) is 7.59. The highest BCUT2D eigenvalue weighted by atomic mass is 15.0. The fourth-order valence-electron chi connectivity index (χ4n) is 1.20. The minimum Gasteiger partial charge on any atom is -0.382 e. The molecule has 0 aromatic carbocycles. The summed E-state index contributed by atoms with van der Waals surface area (Å²) >= 11 is 0. The fraction of sp³-hybridized carbons (Fsp3) is 0.125. The summed E-state index contributed by atoms with van der Waals surface area (Å²) in [6.45, 7) is 2.00. The third-order valence-electron chi connectivity index (χ3n) is 1.84. The minimum absolute atomic E-state index is 0.559. The topological polar surface area (TPSA) is 43.3 Å². The number of hydrogen-bond acceptors (Lipinski definition) is 2. The number of pyridine rings is 1. The van der Waals surface area contributed by atoms with E-state index in [2.05, 4.69) is 4.98 Å². The molecule has 2 heterocycles. The van der Waals surface area contributed by atoms with Crippen molar-refractivity contribution < 1.29 is 0 Å². The zero-order valence-corrected chi connectivity index (χ0v) is 6.86. The fourth-order valence-corrected chi connectivity index (χ4v) is 1.20. The predicted octanol–water partition coefficient (Wildman–Crippen LogP) is 0.294. The van der Waals surface area contributed by atoms with Crippen molar-refractivity contribution in [3.63, 3.8) is 0 Å². The highest BCUT2D eigenvalue weighted by Gasteiger charge is 1.97. The van der Waals surface area contributed by atoms with Crippen molar-refractivity contribution in [3.8, 4) is 0 Å². The van der Waals surface area contributed by atoms with Crippen molar-refractivity contribution in [2.75, 3.05) is 5.73 Å². The molecule has 0 atom stereocenters. The van der Waals surface area contributed by atoms with Gasteiger partial charge in [0.25, 0.3) is 0 Å². The Kier molecular flexibility index (Phi) is 1.53. The van der Waals surface area contributed by atoms with Crippen molar-refractivity contribution in [2.24, 2.45) is 0 Å². The van der Waals surface area contributed by atoms with E-state index >= 15 is 0 Å². The highest BCUT2D eigenvalue weighted by molar-refractivity contribution is 6.52. The number of rotatable bonds is 1. The first-order chi connectivity index (χ1) is 5.79. The smallest absolute Gasteiger partial charge is 0.148 e. The molecule has 0 bridgehead atoms. The molecule has 2 aromatic rings. The van der Waals surface area contributed by atoms with Crippen LogP contribution >= 0.6 is 0 Å². The Bertz CT molecular complexity index is 408. The average Bonchev–Trinajstić information content (AvgIpc) is 2.43. The molecule has 59 valence electrons. The maximum absolute atomic E-state index is 5.54. The van der Waals surface area contributed by atoms with Crippen LogP contribution in [0.3, 0.4) is 0 Å². The second-order valence-electron chi connectivity index (χ2n) is 2.68. The summed E-state index contributed by atoms with van der Waals surface area (Å²) in [7, 11) is 2.03. The van der Waals surface area contributed by atoms with Crippen LogP contribution in [0.25, 0.3) is 5.65 Å². The number of anilines is 1. The van der Waals surface area contributed by atoms with Crippen LogP contribution in [-0.4, -0.2) is 16.7 Å². The molecular formula is C8H9BN3. The van der Waals surface area contributed by atoms with Gasteiger partial charge in [-0.3, -0.25) is 0 Å². The second-order valence-corrected chi connectivity index (χ2v) is 2.68. The van der Waals surface area contributed by atoms with E-state index in [1.54, 1.807) is 6.20 Å². The molecule has 2 N–H and O–H groups in total. The van der Waals surface area contributed by atoms with Crippen LogP contribution in [0, 0.1) is 0 Å². The summed E-state index contributed by atoms with van der Waals surface area (Å²) in [5.74, 6) is 0.559. The molecule has 0 spiro atoms. The molecule has 0 amide bonds. The van der Waals surface area contributed by atoms with E-state index in [-0.39, 0.29) is 0 Å². The van der Waals surface area contributed by atoms with Gasteiger partial charge in [0.1, 0.15) is 18.7 Å². The Labute approximate surface area is 71.5 Å². The van der Waals surface area contributed by atoms with Crippen LogP contribution in [0.4, 0.5) is 5.82 Å². The van der Waals surface area contributed by atoms with E-state index in [4.69, 9.17) is 5.73 Å². The van der Waals surface area contributed by atoms with Gasteiger partial charge in [0.15, 0.2) is 0 Å². The van der Waals surface area contributed by atoms with E-state index < -0.39 is 0 Å². The average molecular weight is 158 g/mol. The minimum atomic E-state index is 0.559. The largest absolute Gasteiger partial charge is 0.382 e. The molecule has 0 fully saturated rings. The molecule has 1 radical (unpaired) electrons. The summed E-state index contributed by atoms with van der Waals surface area (Å²) in [6.07, 6.45) is 3.75. The summed E-state index contributed by atoms with van der Waals surface area (Å²) < 4.78 is 1.91. The highest BCUT2D eigenvalue weighted by Crippen LogP contribution is 2.03. The van der Waals surface area contributed by atoms with E-state index in [0.29, 0.717) is 5.82 Å². The van der Waals surface area contributed by atoms with Crippen LogP contribution in [0.1, 0.15) is 0 Å². The first-order valence-corrected chi connectivity index (χ1v) is 3.83. The van der Waals surface area contributed by atoms with Crippen molar-refractivity contribution in [1.82, 2.24) is 9.38 Å². The SMILES string of the molecule is C[B]c1ccn2cc(N)nc2c1. The molecular weight excluding hydrogens is 149 g/mol. The van der Waals surface area contributed by atoms with Gasteiger partial charge in [-0.2, -0.15) is 0 Å². The molecule has 0 saturated carbocycles. The first kappa shape index (κ1) is 7.22. The quantitative estimate of drug-likeness (QED) is 0.606. The third-order valence-corrected chi connectivity index (χ3v) is 1.84. The van der Waals surface area contributed by atoms with E-state index in [0.717, 1.165) is 11.1 Å². The molecule has 4 heteroatoms. The number of hydrogen-bond donors (Lipinski definition) is 1. The van der Waals surface area contributed by atoms with E-state index in [1.165, 1.54) is 0 Å². The summed E-state index contributed by atoms with van der Waals surface area (Å²) in [6, 6.07) is 4.02. The monoisotopic (exact) mass is 158 g/mol. The maximum atomic E-state index is 5.54. The Morgan fingerprint density at radius 2 is 2.42 bits per heavy atom. The van der Waals surface area contributed by atoms with Gasteiger partial charge in [0.05, 0.1) is 6.20 Å². The van der Waals surface area contributed by atoms with Gasteiger partial charge in [0, 0.05) is 6.20 Å². The lowest BCUT2D eigenvalue weighted by molar-refractivity contribution is 1.19. The number of fused-ring (bicyclic) bond motifs is 1. The lowest BCUT2D eigenvalue weighted by atomic mass is 9.74. The molecule has 12 heavy (non-hydrogen) atoms. The number of imidazole rings is 1. The molecule has 0 aliphatic carbocycles. The van der Waals surface area contributed by atoms with Crippen LogP contribution in [0.2, 0.25) is 6.82 Å². The van der Waals surface area contributed by atoms with Gasteiger partial charge in [-0.05, 0) is 6.07 Å². The molecule has 0 saturated heterocycles. The van der Waals surface area contributed by atoms with Crippen LogP contribution < -0.4 is 11.2 Å². The number of nitrogen functional groups attached to an aromatic ring is 1. The Hall–Kier alpha value is -1.45. The molecule has 3 nitrogen and oxygen atoms in total. The lowest BCUT2D eigenvalue weighted by Gasteiger charge is -1.95. The van der Waals surface area contributed by atoms with Gasteiger partial charge in [-0.25, -0.2) is 4.98 Å². The molecule has 0 unspecified atom stereocenters. The van der Waals surface area contributed by atoms with Gasteiger partial charge >= 0.3 is 0 Å². The van der Waals surface area contributed by atoms with Crippen LogP contribution in [0.5, 0.6) is 0 Å². The Morgan fingerprint density at radius 1 is 1.58 bits per heavy atom. The van der Waals surface area contributed by atoms with Gasteiger partial charge < -0.3 is 10.1 Å². The van der Waals surface area contributed by atoms with Crippen molar-refractivity contribution in [1.29, 1.82) is 0 Å². The number of aromatic nitrogens is 2. The standard InChI is InChI=1S/C8H9BN3/c1-9-6-2-3-12-5-7(10)11-8(12)4-6/h2-5H,10H2,1H3. The van der Waals surface area contributed by atoms with Crippen molar-refractivity contribution >= 4 is 24.2 Å². The predicted molar refractivity (Wildman–Crippen MR) is 50.9 cm³/mol. The molecule has 2 rings (SSSR count).